The third-order valence-electron chi connectivity index (χ3n) is 0.755. The van der Waals surface area contributed by atoms with E-state index >= 15 is 0 Å². The summed E-state index contributed by atoms with van der Waals surface area (Å²) in [6.07, 6.45) is 0. The molecule has 0 saturated heterocycles. The van der Waals surface area contributed by atoms with E-state index in [4.69, 9.17) is 21.0 Å². The van der Waals surface area contributed by atoms with Crippen molar-refractivity contribution in [1.82, 2.24) is 0 Å². The number of hydrogen-bond acceptors (Lipinski definition) is 3. The van der Waals surface area contributed by atoms with Gasteiger partial charge in [-0.1, -0.05) is 0 Å². The molecule has 0 bridgehead atoms. The Hall–Kier alpha value is -0.605. The van der Waals surface area contributed by atoms with Gasteiger partial charge in [-0.2, -0.15) is 0 Å². The fraction of sp³-hybridized carbons (Fsp3) is 0. The van der Waals surface area contributed by atoms with E-state index in [1.165, 1.54) is 12.1 Å². The van der Waals surface area contributed by atoms with Crippen molar-refractivity contribution < 1.29 is 14.1 Å². The molecule has 0 aliphatic heterocycles. The van der Waals surface area contributed by atoms with Gasteiger partial charge in [0.15, 0.2) is 5.22 Å². The molecule has 1 rings (SSSR count). The smallest absolute Gasteiger partial charge is 0.506 e. The second-order valence-electron chi connectivity index (χ2n) is 1.33. The molecule has 0 amide bonds. The number of furan rings is 1. The predicted molar refractivity (Wildman–Crippen MR) is 33.7 cm³/mol. The van der Waals surface area contributed by atoms with Crippen LogP contribution < -0.4 is 4.65 Å². The largest absolute Gasteiger partial charge is 0.512 e. The normalized spacial score (nSPS) is 9.11. The minimum absolute atomic E-state index is 0.225. The van der Waals surface area contributed by atoms with Gasteiger partial charge in [0.05, 0.1) is 0 Å². The van der Waals surface area contributed by atoms with Crippen LogP contribution in [0.15, 0.2) is 16.5 Å². The molecule has 0 saturated carbocycles. The first-order chi connectivity index (χ1) is 4.33. The first-order valence-corrected chi connectivity index (χ1v) is 2.69. The molecule has 1 N–H and O–H groups in total. The van der Waals surface area contributed by atoms with Crippen LogP contribution in [-0.2, 0) is 0 Å². The molecule has 0 aliphatic rings. The van der Waals surface area contributed by atoms with E-state index in [2.05, 4.69) is 4.65 Å². The summed E-state index contributed by atoms with van der Waals surface area (Å²) in [6.45, 7) is 0. The first kappa shape index (κ1) is 6.51. The van der Waals surface area contributed by atoms with Crippen LogP contribution in [0.4, 0.5) is 0 Å². The summed E-state index contributed by atoms with van der Waals surface area (Å²) in [4.78, 5) is 0. The lowest BCUT2D eigenvalue weighted by atomic mass is 10.4. The minimum atomic E-state index is -0.399. The van der Waals surface area contributed by atoms with Crippen LogP contribution in [0.25, 0.3) is 0 Å². The number of rotatable bonds is 2. The number of hydrogen-bond donors (Lipinski definition) is 1. The van der Waals surface area contributed by atoms with Gasteiger partial charge in [-0.05, 0) is 17.7 Å². The summed E-state index contributed by atoms with van der Waals surface area (Å²) in [5, 5.41) is 8.45. The Kier molecular flexibility index (Phi) is 2.03. The third-order valence-corrected chi connectivity index (χ3v) is 0.958. The second kappa shape index (κ2) is 2.80. The molecule has 1 aromatic heterocycles. The Morgan fingerprint density at radius 3 is 2.89 bits per heavy atom. The maximum Gasteiger partial charge on any atom is 0.506 e. The molecule has 9 heavy (non-hydrogen) atoms. The summed E-state index contributed by atoms with van der Waals surface area (Å²) < 4.78 is 9.24. The molecular formula is C4H4BClO3. The van der Waals surface area contributed by atoms with Gasteiger partial charge in [0.25, 0.3) is 5.95 Å². The zero-order valence-electron chi connectivity index (χ0n) is 4.50. The highest BCUT2D eigenvalue weighted by Gasteiger charge is 1.97. The molecule has 0 radical (unpaired) electrons. The lowest BCUT2D eigenvalue weighted by Crippen LogP contribution is -1.97. The standard InChI is InChI=1S/C4H4BClO3/c6-3-1-2-4(8-3)9-5-7/h1-2,5,7H. The van der Waals surface area contributed by atoms with Crippen molar-refractivity contribution in [2.24, 2.45) is 0 Å². The van der Waals surface area contributed by atoms with Gasteiger partial charge in [0, 0.05) is 6.07 Å². The van der Waals surface area contributed by atoms with Gasteiger partial charge in [-0.3, -0.25) is 0 Å². The molecule has 5 heteroatoms. The minimum Gasteiger partial charge on any atom is -0.512 e. The van der Waals surface area contributed by atoms with Crippen molar-refractivity contribution >= 4 is 19.3 Å². The van der Waals surface area contributed by atoms with Crippen LogP contribution in [0, 0.1) is 0 Å². The summed E-state index contributed by atoms with van der Waals surface area (Å²) >= 11 is 5.37. The number of halogens is 1. The van der Waals surface area contributed by atoms with Gasteiger partial charge in [0.2, 0.25) is 0 Å². The lowest BCUT2D eigenvalue weighted by molar-refractivity contribution is 0.359. The van der Waals surface area contributed by atoms with E-state index in [1.54, 1.807) is 0 Å². The van der Waals surface area contributed by atoms with Crippen LogP contribution in [-0.4, -0.2) is 12.7 Å². The van der Waals surface area contributed by atoms with Gasteiger partial charge in [-0.25, -0.2) is 0 Å². The van der Waals surface area contributed by atoms with Gasteiger partial charge < -0.3 is 14.1 Å². The molecule has 0 spiro atoms. The topological polar surface area (TPSA) is 42.6 Å². The first-order valence-electron chi connectivity index (χ1n) is 2.32. The highest BCUT2D eigenvalue weighted by atomic mass is 35.5. The molecule has 1 aromatic rings. The molecule has 0 aromatic carbocycles. The summed E-state index contributed by atoms with van der Waals surface area (Å²) in [6, 6.07) is 3.06. The monoisotopic (exact) mass is 146 g/mol. The van der Waals surface area contributed by atoms with Crippen LogP contribution in [0.1, 0.15) is 0 Å². The zero-order valence-corrected chi connectivity index (χ0v) is 5.26. The SMILES string of the molecule is OBOc1ccc(Cl)o1. The fourth-order valence-electron chi connectivity index (χ4n) is 0.439. The highest BCUT2D eigenvalue weighted by Crippen LogP contribution is 2.18. The van der Waals surface area contributed by atoms with Crippen molar-refractivity contribution in [2.45, 2.75) is 0 Å². The molecule has 0 atom stereocenters. The Morgan fingerprint density at radius 2 is 2.44 bits per heavy atom. The van der Waals surface area contributed by atoms with Crippen molar-refractivity contribution in [3.8, 4) is 5.95 Å². The van der Waals surface area contributed by atoms with E-state index in [1.807, 2.05) is 0 Å². The van der Waals surface area contributed by atoms with E-state index < -0.39 is 7.69 Å². The molecule has 0 fully saturated rings. The maximum absolute atomic E-state index is 8.20. The van der Waals surface area contributed by atoms with E-state index in [0.717, 1.165) is 0 Å². The van der Waals surface area contributed by atoms with Gasteiger partial charge in [-0.15, -0.1) is 0 Å². The lowest BCUT2D eigenvalue weighted by Gasteiger charge is -1.91. The molecule has 0 aliphatic carbocycles. The quantitative estimate of drug-likeness (QED) is 0.620. The van der Waals surface area contributed by atoms with E-state index in [-0.39, 0.29) is 11.2 Å². The molecule has 48 valence electrons. The maximum atomic E-state index is 8.20. The second-order valence-corrected chi connectivity index (χ2v) is 1.70. The molecule has 1 heterocycles. The van der Waals surface area contributed by atoms with Crippen LogP contribution >= 0.6 is 11.6 Å². The van der Waals surface area contributed by atoms with Crippen molar-refractivity contribution in [2.75, 3.05) is 0 Å². The molecular weight excluding hydrogens is 142 g/mol. The van der Waals surface area contributed by atoms with E-state index in [0.29, 0.717) is 0 Å². The van der Waals surface area contributed by atoms with Crippen LogP contribution in [0.3, 0.4) is 0 Å². The van der Waals surface area contributed by atoms with Gasteiger partial charge >= 0.3 is 7.69 Å². The van der Waals surface area contributed by atoms with Crippen LogP contribution in [0.5, 0.6) is 5.95 Å². The summed E-state index contributed by atoms with van der Waals surface area (Å²) in [5.41, 5.74) is 0. The molecule has 3 nitrogen and oxygen atoms in total. The van der Waals surface area contributed by atoms with Crippen molar-refractivity contribution in [3.05, 3.63) is 17.4 Å². The predicted octanol–water partition coefficient (Wildman–Crippen LogP) is 0.571. The molecule has 0 unspecified atom stereocenters. The average molecular weight is 146 g/mol. The van der Waals surface area contributed by atoms with E-state index in [9.17, 15) is 0 Å². The van der Waals surface area contributed by atoms with Crippen molar-refractivity contribution in [1.29, 1.82) is 0 Å². The average Bonchev–Trinajstić information content (AvgIpc) is 2.17. The van der Waals surface area contributed by atoms with Crippen LogP contribution in [0.2, 0.25) is 5.22 Å². The highest BCUT2D eigenvalue weighted by molar-refractivity contribution is 6.28. The Balaban J connectivity index is 2.61. The Labute approximate surface area is 57.5 Å². The summed E-state index contributed by atoms with van der Waals surface area (Å²) in [5.74, 6) is 0.225. The Bertz CT molecular complexity index is 188. The Morgan fingerprint density at radius 1 is 1.67 bits per heavy atom. The van der Waals surface area contributed by atoms with Gasteiger partial charge in [0.1, 0.15) is 0 Å². The fourth-order valence-corrected chi connectivity index (χ4v) is 0.578. The van der Waals surface area contributed by atoms with Crippen molar-refractivity contribution in [3.63, 3.8) is 0 Å². The zero-order chi connectivity index (χ0) is 6.69. The summed E-state index contributed by atoms with van der Waals surface area (Å²) in [7, 11) is -0.399. The third kappa shape index (κ3) is 1.66.